The van der Waals surface area contributed by atoms with Crippen molar-refractivity contribution in [3.8, 4) is 0 Å². The van der Waals surface area contributed by atoms with E-state index < -0.39 is 11.8 Å². The second kappa shape index (κ2) is 14.4. The quantitative estimate of drug-likeness (QED) is 0.153. The van der Waals surface area contributed by atoms with Crippen molar-refractivity contribution in [1.82, 2.24) is 19.7 Å². The van der Waals surface area contributed by atoms with Gasteiger partial charge in [0.25, 0.3) is 11.8 Å². The second-order valence-electron chi connectivity index (χ2n) is 8.21. The van der Waals surface area contributed by atoms with Crippen molar-refractivity contribution in [2.24, 2.45) is 0 Å². The minimum absolute atomic E-state index is 0.0720. The van der Waals surface area contributed by atoms with Gasteiger partial charge in [-0.3, -0.25) is 24.7 Å². The predicted molar refractivity (Wildman–Crippen MR) is 161 cm³/mol. The Morgan fingerprint density at radius 2 is 1.77 bits per heavy atom. The zero-order valence-electron chi connectivity index (χ0n) is 21.7. The van der Waals surface area contributed by atoms with E-state index in [-0.39, 0.29) is 16.9 Å². The fourth-order valence-corrected chi connectivity index (χ4v) is 5.44. The van der Waals surface area contributed by atoms with E-state index in [0.717, 1.165) is 22.2 Å². The van der Waals surface area contributed by atoms with Crippen molar-refractivity contribution >= 4 is 69.7 Å². The molecule has 4 rings (SSSR count). The summed E-state index contributed by atoms with van der Waals surface area (Å²) in [6, 6.07) is 19.3. The molecular formula is C28H26N6O3S3. The first-order valence-electron chi connectivity index (χ1n) is 12.2. The number of nitrogens with one attached hydrogen (secondary N) is 3. The first-order valence-corrected chi connectivity index (χ1v) is 14.9. The van der Waals surface area contributed by atoms with E-state index in [1.54, 1.807) is 67.0 Å². The van der Waals surface area contributed by atoms with E-state index in [0.29, 0.717) is 27.1 Å². The first-order chi connectivity index (χ1) is 19.4. The van der Waals surface area contributed by atoms with Crippen LogP contribution in [0.3, 0.4) is 0 Å². The highest BCUT2D eigenvalue weighted by Gasteiger charge is 2.18. The summed E-state index contributed by atoms with van der Waals surface area (Å²) < 4.78 is 4.21. The zero-order valence-corrected chi connectivity index (χ0v) is 24.1. The maximum absolute atomic E-state index is 13.2. The van der Waals surface area contributed by atoms with Crippen LogP contribution in [0.15, 0.2) is 94.9 Å². The number of pyridine rings is 1. The number of amides is 3. The molecule has 2 aromatic carbocycles. The Hall–Kier alpha value is -4.00. The van der Waals surface area contributed by atoms with Crippen LogP contribution in [-0.2, 0) is 9.59 Å². The van der Waals surface area contributed by atoms with Crippen molar-refractivity contribution in [3.05, 3.63) is 95.9 Å². The summed E-state index contributed by atoms with van der Waals surface area (Å²) >= 11 is 4.06. The number of nitrogens with zero attached hydrogens (tertiary/aromatic N) is 3. The van der Waals surface area contributed by atoms with Crippen molar-refractivity contribution in [1.29, 1.82) is 0 Å². The number of hydrogen-bond acceptors (Lipinski definition) is 9. The van der Waals surface area contributed by atoms with Crippen molar-refractivity contribution < 1.29 is 14.4 Å². The Bertz CT molecular complexity index is 1480. The Morgan fingerprint density at radius 3 is 2.48 bits per heavy atom. The summed E-state index contributed by atoms with van der Waals surface area (Å²) in [6.45, 7) is 3.82. The lowest BCUT2D eigenvalue weighted by atomic mass is 10.2. The van der Waals surface area contributed by atoms with Crippen LogP contribution in [0.1, 0.15) is 29.8 Å². The van der Waals surface area contributed by atoms with Gasteiger partial charge < -0.3 is 10.6 Å². The van der Waals surface area contributed by atoms with Gasteiger partial charge in [0, 0.05) is 40.1 Å². The smallest absolute Gasteiger partial charge is 0.272 e. The summed E-state index contributed by atoms with van der Waals surface area (Å²) in [5.74, 6) is -0.208. The van der Waals surface area contributed by atoms with E-state index in [9.17, 15) is 14.4 Å². The third kappa shape index (κ3) is 8.50. The molecule has 0 bridgehead atoms. The number of benzene rings is 2. The molecule has 2 aromatic heterocycles. The maximum Gasteiger partial charge on any atom is 0.272 e. The number of rotatable bonds is 11. The lowest BCUT2D eigenvalue weighted by molar-refractivity contribution is -0.115. The molecule has 12 heteroatoms. The van der Waals surface area contributed by atoms with Crippen LogP contribution >= 0.6 is 35.1 Å². The third-order valence-electron chi connectivity index (χ3n) is 5.23. The van der Waals surface area contributed by atoms with Crippen LogP contribution in [0.4, 0.5) is 10.8 Å². The van der Waals surface area contributed by atoms with Gasteiger partial charge in [-0.15, -0.1) is 11.8 Å². The Balaban J connectivity index is 1.39. The normalized spacial score (nSPS) is 11.9. The standard InChI is InChI=1S/C28H26N6O3S3/c1-3-38-28-33-27(40-34-28)32-24(35)18(2)39-22-13-11-21(12-14-22)30-26(37)23(16-19-8-7-15-29-17-19)31-25(36)20-9-5-4-6-10-20/h4-18H,3H2,1-2H3,(H,30,37)(H,31,36)(H,32,33,34,35)/b23-16-. The lowest BCUT2D eigenvalue weighted by Gasteiger charge is -2.13. The molecule has 0 radical (unpaired) electrons. The molecule has 0 aliphatic carbocycles. The van der Waals surface area contributed by atoms with Crippen LogP contribution in [0.5, 0.6) is 0 Å². The topological polar surface area (TPSA) is 126 Å². The van der Waals surface area contributed by atoms with E-state index >= 15 is 0 Å². The van der Waals surface area contributed by atoms with Crippen LogP contribution in [0.25, 0.3) is 6.08 Å². The molecule has 9 nitrogen and oxygen atoms in total. The molecule has 1 unspecified atom stereocenters. The maximum atomic E-state index is 13.2. The molecule has 4 aromatic rings. The molecule has 0 spiro atoms. The first kappa shape index (κ1) is 29.0. The molecule has 40 heavy (non-hydrogen) atoms. The van der Waals surface area contributed by atoms with Gasteiger partial charge in [-0.2, -0.15) is 9.36 Å². The van der Waals surface area contributed by atoms with E-state index in [2.05, 4.69) is 30.3 Å². The molecular weight excluding hydrogens is 565 g/mol. The van der Waals surface area contributed by atoms with Crippen LogP contribution in [-0.4, -0.2) is 43.1 Å². The van der Waals surface area contributed by atoms with Crippen LogP contribution < -0.4 is 16.0 Å². The van der Waals surface area contributed by atoms with E-state index in [4.69, 9.17) is 0 Å². The van der Waals surface area contributed by atoms with Gasteiger partial charge in [-0.25, -0.2) is 0 Å². The average molecular weight is 591 g/mol. The molecule has 0 saturated heterocycles. The van der Waals surface area contributed by atoms with Gasteiger partial charge in [0.15, 0.2) is 0 Å². The minimum Gasteiger partial charge on any atom is -0.321 e. The summed E-state index contributed by atoms with van der Waals surface area (Å²) in [4.78, 5) is 47.8. The summed E-state index contributed by atoms with van der Waals surface area (Å²) in [5.41, 5.74) is 1.70. The summed E-state index contributed by atoms with van der Waals surface area (Å²) in [7, 11) is 0. The fraction of sp³-hybridized carbons (Fsp3) is 0.143. The number of hydrogen-bond donors (Lipinski definition) is 3. The largest absolute Gasteiger partial charge is 0.321 e. The SMILES string of the molecule is CCSc1nsc(NC(=O)C(C)Sc2ccc(NC(=O)/C(=C/c3cccnc3)NC(=O)c3ccccc3)cc2)n1. The van der Waals surface area contributed by atoms with Gasteiger partial charge >= 0.3 is 0 Å². The molecule has 0 saturated carbocycles. The molecule has 204 valence electrons. The van der Waals surface area contributed by atoms with Gasteiger partial charge in [0.1, 0.15) is 5.70 Å². The van der Waals surface area contributed by atoms with Gasteiger partial charge in [0.2, 0.25) is 16.2 Å². The predicted octanol–water partition coefficient (Wildman–Crippen LogP) is 5.57. The van der Waals surface area contributed by atoms with E-state index in [1.165, 1.54) is 23.5 Å². The van der Waals surface area contributed by atoms with Gasteiger partial charge in [-0.05, 0) is 66.8 Å². The highest BCUT2D eigenvalue weighted by Crippen LogP contribution is 2.27. The average Bonchev–Trinajstić information content (AvgIpc) is 3.41. The Kier molecular flexibility index (Phi) is 10.4. The molecule has 0 aliphatic rings. The number of anilines is 2. The van der Waals surface area contributed by atoms with E-state index in [1.807, 2.05) is 32.0 Å². The minimum atomic E-state index is -0.487. The van der Waals surface area contributed by atoms with Gasteiger partial charge in [0.05, 0.1) is 5.25 Å². The monoisotopic (exact) mass is 590 g/mol. The molecule has 3 amide bonds. The third-order valence-corrected chi connectivity index (χ3v) is 7.82. The van der Waals surface area contributed by atoms with Gasteiger partial charge in [-0.1, -0.05) is 43.0 Å². The lowest BCUT2D eigenvalue weighted by Crippen LogP contribution is -2.30. The van der Waals surface area contributed by atoms with Crippen LogP contribution in [0.2, 0.25) is 0 Å². The number of carbonyl (C=O) groups excluding carboxylic acids is 3. The molecule has 0 fully saturated rings. The number of thioether (sulfide) groups is 2. The van der Waals surface area contributed by atoms with Crippen molar-refractivity contribution in [3.63, 3.8) is 0 Å². The number of aromatic nitrogens is 3. The Labute approximate surface area is 244 Å². The highest BCUT2D eigenvalue weighted by molar-refractivity contribution is 8.00. The molecule has 2 heterocycles. The zero-order chi connectivity index (χ0) is 28.3. The molecule has 1 atom stereocenters. The van der Waals surface area contributed by atoms with Crippen LogP contribution in [0, 0.1) is 0 Å². The van der Waals surface area contributed by atoms with Crippen molar-refractivity contribution in [2.45, 2.75) is 29.1 Å². The Morgan fingerprint density at radius 1 is 1.00 bits per heavy atom. The summed E-state index contributed by atoms with van der Waals surface area (Å²) in [5, 5.41) is 9.08. The number of carbonyl (C=O) groups is 3. The summed E-state index contributed by atoms with van der Waals surface area (Å²) in [6.07, 6.45) is 4.79. The fourth-order valence-electron chi connectivity index (χ4n) is 3.30. The molecule has 3 N–H and O–H groups in total. The van der Waals surface area contributed by atoms with Crippen molar-refractivity contribution in [2.75, 3.05) is 16.4 Å². The molecule has 0 aliphatic heterocycles. The second-order valence-corrected chi connectivity index (χ2v) is 11.6. The highest BCUT2D eigenvalue weighted by atomic mass is 32.2.